The minimum Gasteiger partial charge on any atom is -0.495 e. The summed E-state index contributed by atoms with van der Waals surface area (Å²) in [5.41, 5.74) is 0.989. The lowest BCUT2D eigenvalue weighted by molar-refractivity contribution is -0.152. The van der Waals surface area contributed by atoms with Gasteiger partial charge >= 0.3 is 17.9 Å². The zero-order valence-corrected chi connectivity index (χ0v) is 17.0. The summed E-state index contributed by atoms with van der Waals surface area (Å²) in [5.74, 6) is -0.184. The quantitative estimate of drug-likeness (QED) is 0.688. The molecule has 0 saturated carbocycles. The zero-order valence-electron chi connectivity index (χ0n) is 17.0. The third-order valence-electron chi connectivity index (χ3n) is 5.27. The Kier molecular flexibility index (Phi) is 6.79. The van der Waals surface area contributed by atoms with Crippen LogP contribution in [0, 0.1) is 0 Å². The van der Waals surface area contributed by atoms with Gasteiger partial charge in [-0.3, -0.25) is 9.59 Å². The van der Waals surface area contributed by atoms with Crippen LogP contribution in [0.1, 0.15) is 6.92 Å². The minimum absolute atomic E-state index is 0.317. The Bertz CT molecular complexity index is 740. The van der Waals surface area contributed by atoms with Crippen LogP contribution >= 0.6 is 0 Å². The van der Waals surface area contributed by atoms with Crippen LogP contribution in [0.3, 0.4) is 0 Å². The second-order valence-electron chi connectivity index (χ2n) is 6.93. The second-order valence-corrected chi connectivity index (χ2v) is 6.93. The van der Waals surface area contributed by atoms with Crippen LogP contribution in [-0.4, -0.2) is 98.7 Å². The number of anilines is 1. The monoisotopic (exact) mass is 404 g/mol. The Labute approximate surface area is 170 Å². The number of carbonyl (C=O) groups is 3. The van der Waals surface area contributed by atoms with Gasteiger partial charge < -0.3 is 29.1 Å². The highest BCUT2D eigenvalue weighted by Gasteiger charge is 2.32. The summed E-state index contributed by atoms with van der Waals surface area (Å²) in [6.45, 7) is 5.72. The average molecular weight is 404 g/mol. The molecule has 9 heteroatoms. The SMILES string of the molecule is CCOC(=O)N1CCN(C(=O)C(=O)N2CCN(c3ccccc3OC)CC2)CC1. The summed E-state index contributed by atoms with van der Waals surface area (Å²) >= 11 is 0. The molecule has 3 amide bonds. The zero-order chi connectivity index (χ0) is 20.8. The predicted molar refractivity (Wildman–Crippen MR) is 107 cm³/mol. The highest BCUT2D eigenvalue weighted by atomic mass is 16.6. The van der Waals surface area contributed by atoms with E-state index in [0.29, 0.717) is 59.0 Å². The number of benzene rings is 1. The fourth-order valence-corrected chi connectivity index (χ4v) is 3.62. The van der Waals surface area contributed by atoms with E-state index in [1.54, 1.807) is 23.8 Å². The maximum absolute atomic E-state index is 12.7. The van der Waals surface area contributed by atoms with E-state index in [1.807, 2.05) is 24.3 Å². The van der Waals surface area contributed by atoms with E-state index in [2.05, 4.69) is 4.90 Å². The van der Waals surface area contributed by atoms with Crippen LogP contribution in [0.5, 0.6) is 5.75 Å². The Morgan fingerprint density at radius 3 is 1.90 bits per heavy atom. The Morgan fingerprint density at radius 1 is 0.828 bits per heavy atom. The summed E-state index contributed by atoms with van der Waals surface area (Å²) in [6, 6.07) is 7.77. The van der Waals surface area contributed by atoms with Crippen LogP contribution in [0.25, 0.3) is 0 Å². The molecule has 29 heavy (non-hydrogen) atoms. The van der Waals surface area contributed by atoms with Crippen molar-refractivity contribution in [1.29, 1.82) is 0 Å². The smallest absolute Gasteiger partial charge is 0.409 e. The van der Waals surface area contributed by atoms with Gasteiger partial charge in [0.2, 0.25) is 0 Å². The van der Waals surface area contributed by atoms with Gasteiger partial charge in [0.05, 0.1) is 19.4 Å². The maximum Gasteiger partial charge on any atom is 0.409 e. The lowest BCUT2D eigenvalue weighted by atomic mass is 10.2. The van der Waals surface area contributed by atoms with Gasteiger partial charge in [-0.25, -0.2) is 4.79 Å². The molecular weight excluding hydrogens is 376 g/mol. The molecule has 1 aromatic rings. The van der Waals surface area contributed by atoms with Crippen molar-refractivity contribution >= 4 is 23.6 Å². The number of hydrogen-bond donors (Lipinski definition) is 0. The molecule has 0 aromatic heterocycles. The van der Waals surface area contributed by atoms with E-state index in [-0.39, 0.29) is 6.09 Å². The fourth-order valence-electron chi connectivity index (χ4n) is 3.62. The number of carbonyl (C=O) groups excluding carboxylic acids is 3. The molecule has 2 saturated heterocycles. The van der Waals surface area contributed by atoms with E-state index in [1.165, 1.54) is 4.90 Å². The molecular formula is C20H28N4O5. The lowest BCUT2D eigenvalue weighted by Gasteiger charge is -2.38. The fraction of sp³-hybridized carbons (Fsp3) is 0.550. The van der Waals surface area contributed by atoms with Crippen LogP contribution in [-0.2, 0) is 14.3 Å². The van der Waals surface area contributed by atoms with Crippen molar-refractivity contribution in [2.24, 2.45) is 0 Å². The Morgan fingerprint density at radius 2 is 1.34 bits per heavy atom. The van der Waals surface area contributed by atoms with Crippen LogP contribution in [0.4, 0.5) is 10.5 Å². The first-order chi connectivity index (χ1) is 14.0. The first kappa shape index (κ1) is 20.8. The van der Waals surface area contributed by atoms with Crippen molar-refractivity contribution in [2.45, 2.75) is 6.92 Å². The standard InChI is InChI=1S/C20H28N4O5/c1-3-29-20(27)24-14-12-23(13-15-24)19(26)18(25)22-10-8-21(9-11-22)16-6-4-5-7-17(16)28-2/h4-7H,3,8-15H2,1-2H3. The molecule has 0 N–H and O–H groups in total. The molecule has 9 nitrogen and oxygen atoms in total. The molecule has 2 aliphatic heterocycles. The van der Waals surface area contributed by atoms with Crippen molar-refractivity contribution in [3.63, 3.8) is 0 Å². The lowest BCUT2D eigenvalue weighted by Crippen LogP contribution is -2.57. The second kappa shape index (κ2) is 9.49. The number of rotatable bonds is 3. The van der Waals surface area contributed by atoms with Gasteiger partial charge in [-0.1, -0.05) is 12.1 Å². The molecule has 0 aliphatic carbocycles. The molecule has 2 heterocycles. The van der Waals surface area contributed by atoms with Gasteiger partial charge in [0.1, 0.15) is 5.75 Å². The number of hydrogen-bond acceptors (Lipinski definition) is 6. The van der Waals surface area contributed by atoms with Gasteiger partial charge in [0.25, 0.3) is 0 Å². The molecule has 0 spiro atoms. The highest BCUT2D eigenvalue weighted by Crippen LogP contribution is 2.28. The van der Waals surface area contributed by atoms with Crippen molar-refractivity contribution in [3.8, 4) is 5.75 Å². The van der Waals surface area contributed by atoms with E-state index in [0.717, 1.165) is 11.4 Å². The molecule has 2 aliphatic rings. The predicted octanol–water partition coefficient (Wildman–Crippen LogP) is 0.645. The Hall–Kier alpha value is -2.97. The first-order valence-corrected chi connectivity index (χ1v) is 9.93. The summed E-state index contributed by atoms with van der Waals surface area (Å²) in [5, 5.41) is 0. The van der Waals surface area contributed by atoms with E-state index < -0.39 is 11.8 Å². The highest BCUT2D eigenvalue weighted by molar-refractivity contribution is 6.35. The third-order valence-corrected chi connectivity index (χ3v) is 5.27. The number of ether oxygens (including phenoxy) is 2. The van der Waals surface area contributed by atoms with Crippen LogP contribution in [0.2, 0.25) is 0 Å². The van der Waals surface area contributed by atoms with E-state index >= 15 is 0 Å². The Balaban J connectivity index is 1.50. The summed E-state index contributed by atoms with van der Waals surface area (Å²) in [6.07, 6.45) is -0.376. The molecule has 158 valence electrons. The topological polar surface area (TPSA) is 82.6 Å². The molecule has 2 fully saturated rings. The largest absolute Gasteiger partial charge is 0.495 e. The number of methoxy groups -OCH3 is 1. The molecule has 0 radical (unpaired) electrons. The van der Waals surface area contributed by atoms with Crippen molar-refractivity contribution in [2.75, 3.05) is 71.0 Å². The minimum atomic E-state index is -0.501. The number of nitrogens with zero attached hydrogens (tertiary/aromatic N) is 4. The molecule has 0 unspecified atom stereocenters. The van der Waals surface area contributed by atoms with Gasteiger partial charge in [-0.2, -0.15) is 0 Å². The van der Waals surface area contributed by atoms with Gasteiger partial charge in [-0.15, -0.1) is 0 Å². The van der Waals surface area contributed by atoms with Crippen molar-refractivity contribution in [1.82, 2.24) is 14.7 Å². The number of para-hydroxylation sites is 2. The molecule has 3 rings (SSSR count). The van der Waals surface area contributed by atoms with Gasteiger partial charge in [-0.05, 0) is 19.1 Å². The number of amides is 3. The third kappa shape index (κ3) is 4.72. The van der Waals surface area contributed by atoms with Crippen molar-refractivity contribution < 1.29 is 23.9 Å². The van der Waals surface area contributed by atoms with Crippen LogP contribution in [0.15, 0.2) is 24.3 Å². The molecule has 1 aromatic carbocycles. The average Bonchev–Trinajstić information content (AvgIpc) is 2.78. The van der Waals surface area contributed by atoms with Gasteiger partial charge in [0, 0.05) is 52.4 Å². The molecule has 0 bridgehead atoms. The van der Waals surface area contributed by atoms with Crippen LogP contribution < -0.4 is 9.64 Å². The van der Waals surface area contributed by atoms with Crippen molar-refractivity contribution in [3.05, 3.63) is 24.3 Å². The normalized spacial score (nSPS) is 17.2. The summed E-state index contributed by atoms with van der Waals surface area (Å²) in [4.78, 5) is 43.9. The first-order valence-electron chi connectivity index (χ1n) is 9.93. The summed E-state index contributed by atoms with van der Waals surface area (Å²) in [7, 11) is 1.64. The van der Waals surface area contributed by atoms with Gasteiger partial charge in [0.15, 0.2) is 0 Å². The molecule has 0 atom stereocenters. The number of piperazine rings is 2. The van der Waals surface area contributed by atoms with E-state index in [9.17, 15) is 14.4 Å². The summed E-state index contributed by atoms with van der Waals surface area (Å²) < 4.78 is 10.4. The van der Waals surface area contributed by atoms with E-state index in [4.69, 9.17) is 9.47 Å². The maximum atomic E-state index is 12.7.